The van der Waals surface area contributed by atoms with Crippen molar-refractivity contribution in [3.63, 3.8) is 0 Å². The third kappa shape index (κ3) is 2.81. The summed E-state index contributed by atoms with van der Waals surface area (Å²) in [5, 5.41) is 17.2. The summed E-state index contributed by atoms with van der Waals surface area (Å²) in [6, 6.07) is 5.61. The standard InChI is InChI=1S/C19H23N3O3S/c1-10(2)22-7-6-12-15(9-22)26-19-16(12)18(24)20-17(21-19)11-4-5-13(23)14(8-11)25-3/h4-5,8,10,17,21,23H,6-7,9H2,1-3H3,(H,20,24)/t17-/m1/s1. The van der Waals surface area contributed by atoms with Crippen molar-refractivity contribution in [3.8, 4) is 11.5 Å². The number of rotatable bonds is 3. The summed E-state index contributed by atoms with van der Waals surface area (Å²) >= 11 is 1.68. The summed E-state index contributed by atoms with van der Waals surface area (Å²) in [6.07, 6.45) is 0.567. The van der Waals surface area contributed by atoms with Gasteiger partial charge in [-0.3, -0.25) is 9.69 Å². The van der Waals surface area contributed by atoms with Crippen LogP contribution in [0.3, 0.4) is 0 Å². The van der Waals surface area contributed by atoms with Gasteiger partial charge in [0.25, 0.3) is 5.91 Å². The molecule has 3 N–H and O–H groups in total. The molecule has 1 aromatic carbocycles. The molecule has 0 saturated heterocycles. The van der Waals surface area contributed by atoms with Crippen LogP contribution < -0.4 is 15.4 Å². The number of carbonyl (C=O) groups excluding carboxylic acids is 1. The summed E-state index contributed by atoms with van der Waals surface area (Å²) in [5.41, 5.74) is 2.83. The molecular formula is C19H23N3O3S. The molecule has 26 heavy (non-hydrogen) atoms. The number of hydrogen-bond donors (Lipinski definition) is 3. The number of hydrogen-bond acceptors (Lipinski definition) is 6. The number of nitrogens with one attached hydrogen (secondary N) is 2. The number of anilines is 1. The molecule has 0 saturated carbocycles. The van der Waals surface area contributed by atoms with Gasteiger partial charge in [0.05, 0.1) is 12.7 Å². The number of phenolic OH excluding ortho intramolecular Hbond substituents is 1. The Morgan fingerprint density at radius 3 is 2.88 bits per heavy atom. The Hall–Kier alpha value is -2.25. The maximum Gasteiger partial charge on any atom is 0.256 e. The predicted molar refractivity (Wildman–Crippen MR) is 102 cm³/mol. The van der Waals surface area contributed by atoms with Crippen LogP contribution in [0.2, 0.25) is 0 Å². The Morgan fingerprint density at radius 2 is 2.15 bits per heavy atom. The largest absolute Gasteiger partial charge is 0.504 e. The molecule has 0 fully saturated rings. The zero-order valence-corrected chi connectivity index (χ0v) is 15.9. The molecular weight excluding hydrogens is 350 g/mol. The van der Waals surface area contributed by atoms with Gasteiger partial charge in [-0.05, 0) is 43.5 Å². The smallest absolute Gasteiger partial charge is 0.256 e. The van der Waals surface area contributed by atoms with Gasteiger partial charge in [-0.2, -0.15) is 0 Å². The number of ether oxygens (including phenoxy) is 1. The third-order valence-electron chi connectivity index (χ3n) is 5.13. The Kier molecular flexibility index (Phi) is 4.28. The molecule has 1 amide bonds. The number of amides is 1. The van der Waals surface area contributed by atoms with Crippen molar-refractivity contribution in [2.24, 2.45) is 0 Å². The first-order valence-corrected chi connectivity index (χ1v) is 9.62. The number of methoxy groups -OCH3 is 1. The van der Waals surface area contributed by atoms with Crippen molar-refractivity contribution in [1.82, 2.24) is 10.2 Å². The lowest BCUT2D eigenvalue weighted by Crippen LogP contribution is -2.39. The number of fused-ring (bicyclic) bond motifs is 3. The van der Waals surface area contributed by atoms with E-state index in [2.05, 4.69) is 29.4 Å². The lowest BCUT2D eigenvalue weighted by atomic mass is 9.99. The minimum atomic E-state index is -0.342. The number of carbonyl (C=O) groups is 1. The average molecular weight is 373 g/mol. The van der Waals surface area contributed by atoms with Crippen molar-refractivity contribution in [2.45, 2.75) is 39.0 Å². The molecule has 0 bridgehead atoms. The Bertz CT molecular complexity index is 862. The maximum absolute atomic E-state index is 12.8. The molecule has 138 valence electrons. The molecule has 0 unspecified atom stereocenters. The third-order valence-corrected chi connectivity index (χ3v) is 6.28. The van der Waals surface area contributed by atoms with E-state index in [0.717, 1.165) is 35.6 Å². The lowest BCUT2D eigenvalue weighted by Gasteiger charge is -2.31. The van der Waals surface area contributed by atoms with Crippen LogP contribution in [-0.4, -0.2) is 35.6 Å². The van der Waals surface area contributed by atoms with E-state index in [1.165, 1.54) is 17.6 Å². The van der Waals surface area contributed by atoms with Gasteiger partial charge in [0.2, 0.25) is 0 Å². The Balaban J connectivity index is 1.65. The van der Waals surface area contributed by atoms with Gasteiger partial charge in [0.15, 0.2) is 11.5 Å². The second kappa shape index (κ2) is 6.48. The summed E-state index contributed by atoms with van der Waals surface area (Å²) in [6.45, 7) is 6.30. The van der Waals surface area contributed by atoms with Crippen LogP contribution >= 0.6 is 11.3 Å². The highest BCUT2D eigenvalue weighted by Gasteiger charge is 2.33. The van der Waals surface area contributed by atoms with E-state index in [9.17, 15) is 9.90 Å². The summed E-state index contributed by atoms with van der Waals surface area (Å²) in [7, 11) is 1.51. The molecule has 6 nitrogen and oxygen atoms in total. The molecule has 1 atom stereocenters. The topological polar surface area (TPSA) is 73.8 Å². The van der Waals surface area contributed by atoms with E-state index in [0.29, 0.717) is 11.8 Å². The van der Waals surface area contributed by atoms with Gasteiger partial charge in [0.1, 0.15) is 11.2 Å². The minimum absolute atomic E-state index is 0.0358. The van der Waals surface area contributed by atoms with Crippen LogP contribution in [0.4, 0.5) is 5.00 Å². The zero-order valence-electron chi connectivity index (χ0n) is 15.1. The van der Waals surface area contributed by atoms with Crippen LogP contribution in [0, 0.1) is 0 Å². The highest BCUT2D eigenvalue weighted by Crippen LogP contribution is 2.41. The van der Waals surface area contributed by atoms with E-state index < -0.39 is 0 Å². The van der Waals surface area contributed by atoms with Crippen molar-refractivity contribution in [1.29, 1.82) is 0 Å². The SMILES string of the molecule is COc1cc([C@@H]2NC(=O)c3c(sc4c3CCN(C(C)C)C4)N2)ccc1O. The first-order valence-electron chi connectivity index (χ1n) is 8.80. The highest BCUT2D eigenvalue weighted by molar-refractivity contribution is 7.16. The fraction of sp³-hybridized carbons (Fsp3) is 0.421. The van der Waals surface area contributed by atoms with E-state index in [1.54, 1.807) is 29.5 Å². The molecule has 7 heteroatoms. The first kappa shape index (κ1) is 17.2. The van der Waals surface area contributed by atoms with E-state index in [4.69, 9.17) is 4.74 Å². The van der Waals surface area contributed by atoms with Gasteiger partial charge in [0, 0.05) is 24.0 Å². The molecule has 2 aliphatic heterocycles. The Morgan fingerprint density at radius 1 is 1.35 bits per heavy atom. The molecule has 2 aliphatic rings. The van der Waals surface area contributed by atoms with Crippen LogP contribution in [0.15, 0.2) is 18.2 Å². The van der Waals surface area contributed by atoms with Gasteiger partial charge >= 0.3 is 0 Å². The molecule has 2 aromatic rings. The summed E-state index contributed by atoms with van der Waals surface area (Å²) in [4.78, 5) is 16.5. The normalized spacial score (nSPS) is 19.5. The lowest BCUT2D eigenvalue weighted by molar-refractivity contribution is 0.0934. The first-order chi connectivity index (χ1) is 12.5. The van der Waals surface area contributed by atoms with Gasteiger partial charge in [-0.15, -0.1) is 11.3 Å². The number of thiophene rings is 1. The van der Waals surface area contributed by atoms with E-state index in [1.807, 2.05) is 0 Å². The van der Waals surface area contributed by atoms with Crippen molar-refractivity contribution < 1.29 is 14.6 Å². The molecule has 0 radical (unpaired) electrons. The molecule has 1 aromatic heterocycles. The zero-order chi connectivity index (χ0) is 18.4. The number of nitrogens with zero attached hydrogens (tertiary/aromatic N) is 1. The van der Waals surface area contributed by atoms with Crippen molar-refractivity contribution >= 4 is 22.2 Å². The van der Waals surface area contributed by atoms with Crippen LogP contribution in [-0.2, 0) is 13.0 Å². The molecule has 0 aliphatic carbocycles. The predicted octanol–water partition coefficient (Wildman–Crippen LogP) is 3.08. The van der Waals surface area contributed by atoms with E-state index >= 15 is 0 Å². The molecule has 3 heterocycles. The minimum Gasteiger partial charge on any atom is -0.504 e. The monoisotopic (exact) mass is 373 g/mol. The number of phenols is 1. The second-order valence-corrected chi connectivity index (χ2v) is 8.11. The fourth-order valence-electron chi connectivity index (χ4n) is 3.62. The van der Waals surface area contributed by atoms with Crippen LogP contribution in [0.25, 0.3) is 0 Å². The van der Waals surface area contributed by atoms with Crippen LogP contribution in [0.5, 0.6) is 11.5 Å². The number of aromatic hydroxyl groups is 1. The fourth-order valence-corrected chi connectivity index (χ4v) is 4.92. The van der Waals surface area contributed by atoms with E-state index in [-0.39, 0.29) is 17.8 Å². The van der Waals surface area contributed by atoms with Gasteiger partial charge in [-0.1, -0.05) is 6.07 Å². The van der Waals surface area contributed by atoms with Crippen molar-refractivity contribution in [3.05, 3.63) is 39.8 Å². The summed E-state index contributed by atoms with van der Waals surface area (Å²) < 4.78 is 5.18. The quantitative estimate of drug-likeness (QED) is 0.771. The average Bonchev–Trinajstić information content (AvgIpc) is 2.99. The second-order valence-electron chi connectivity index (χ2n) is 7.00. The van der Waals surface area contributed by atoms with Crippen LogP contribution in [0.1, 0.15) is 46.4 Å². The summed E-state index contributed by atoms with van der Waals surface area (Å²) in [5.74, 6) is 0.438. The van der Waals surface area contributed by atoms with Gasteiger partial charge < -0.3 is 20.5 Å². The van der Waals surface area contributed by atoms with Crippen molar-refractivity contribution in [2.75, 3.05) is 19.0 Å². The van der Waals surface area contributed by atoms with Gasteiger partial charge in [-0.25, -0.2) is 0 Å². The molecule has 4 rings (SSSR count). The highest BCUT2D eigenvalue weighted by atomic mass is 32.1. The molecule has 0 spiro atoms. The Labute approximate surface area is 156 Å². The maximum atomic E-state index is 12.8. The number of benzene rings is 1.